The van der Waals surface area contributed by atoms with Gasteiger partial charge >= 0.3 is 0 Å². The Labute approximate surface area is 105 Å². The van der Waals surface area contributed by atoms with E-state index >= 15 is 0 Å². The highest BCUT2D eigenvalue weighted by Crippen LogP contribution is 2.24. The van der Waals surface area contributed by atoms with Gasteiger partial charge in [0.05, 0.1) is 13.2 Å². The fraction of sp³-hybridized carbons (Fsp3) is 0.214. The molecule has 0 aliphatic carbocycles. The normalized spacial score (nSPS) is 12.2. The van der Waals surface area contributed by atoms with E-state index in [9.17, 15) is 9.50 Å². The summed E-state index contributed by atoms with van der Waals surface area (Å²) in [6, 6.07) is 9.85. The lowest BCUT2D eigenvalue weighted by Gasteiger charge is -2.12. The molecule has 1 heterocycles. The van der Waals surface area contributed by atoms with Crippen LogP contribution in [0, 0.1) is 5.82 Å². The van der Waals surface area contributed by atoms with E-state index in [1.165, 1.54) is 19.2 Å². The zero-order valence-corrected chi connectivity index (χ0v) is 10.0. The Bertz CT molecular complexity index is 516. The predicted octanol–water partition coefficient (Wildman–Crippen LogP) is 2.51. The third-order valence-electron chi connectivity index (χ3n) is 2.69. The molecule has 1 aromatic carbocycles. The summed E-state index contributed by atoms with van der Waals surface area (Å²) in [7, 11) is 1.40. The molecule has 2 rings (SSSR count). The molecule has 0 fully saturated rings. The first-order valence-corrected chi connectivity index (χ1v) is 5.62. The van der Waals surface area contributed by atoms with Crippen LogP contribution in [-0.4, -0.2) is 17.2 Å². The highest BCUT2D eigenvalue weighted by molar-refractivity contribution is 5.32. The molecule has 2 aromatic rings. The Kier molecular flexibility index (Phi) is 3.89. The SMILES string of the molecule is COc1cc(C(O)Cc2ccccn2)ccc1F. The minimum Gasteiger partial charge on any atom is -0.494 e. The Morgan fingerprint density at radius 3 is 2.83 bits per heavy atom. The lowest BCUT2D eigenvalue weighted by Crippen LogP contribution is -2.04. The molecular weight excluding hydrogens is 233 g/mol. The first-order valence-electron chi connectivity index (χ1n) is 5.62. The fourth-order valence-electron chi connectivity index (χ4n) is 1.72. The van der Waals surface area contributed by atoms with E-state index in [1.807, 2.05) is 18.2 Å². The first-order chi connectivity index (χ1) is 8.70. The van der Waals surface area contributed by atoms with E-state index in [-0.39, 0.29) is 5.75 Å². The van der Waals surface area contributed by atoms with E-state index in [2.05, 4.69) is 4.98 Å². The Morgan fingerprint density at radius 1 is 1.33 bits per heavy atom. The van der Waals surface area contributed by atoms with Gasteiger partial charge in [-0.1, -0.05) is 12.1 Å². The molecule has 0 radical (unpaired) electrons. The number of pyridine rings is 1. The summed E-state index contributed by atoms with van der Waals surface area (Å²) < 4.78 is 18.1. The van der Waals surface area contributed by atoms with Crippen molar-refractivity contribution in [1.29, 1.82) is 0 Å². The van der Waals surface area contributed by atoms with Crippen molar-refractivity contribution < 1.29 is 14.2 Å². The van der Waals surface area contributed by atoms with Gasteiger partial charge in [-0.15, -0.1) is 0 Å². The maximum Gasteiger partial charge on any atom is 0.165 e. The van der Waals surface area contributed by atoms with E-state index in [0.29, 0.717) is 12.0 Å². The standard InChI is InChI=1S/C14H14FNO2/c1-18-14-8-10(5-6-12(14)15)13(17)9-11-4-2-3-7-16-11/h2-8,13,17H,9H2,1H3. The predicted molar refractivity (Wildman–Crippen MR) is 65.9 cm³/mol. The highest BCUT2D eigenvalue weighted by Gasteiger charge is 2.12. The molecular formula is C14H14FNO2. The molecule has 1 aromatic heterocycles. The van der Waals surface area contributed by atoms with Crippen LogP contribution in [0.3, 0.4) is 0 Å². The van der Waals surface area contributed by atoms with Crippen LogP contribution in [0.5, 0.6) is 5.75 Å². The molecule has 4 heteroatoms. The molecule has 0 amide bonds. The van der Waals surface area contributed by atoms with Crippen LogP contribution in [0.4, 0.5) is 4.39 Å². The lowest BCUT2D eigenvalue weighted by molar-refractivity contribution is 0.176. The molecule has 18 heavy (non-hydrogen) atoms. The van der Waals surface area contributed by atoms with Gasteiger partial charge in [-0.25, -0.2) is 4.39 Å². The van der Waals surface area contributed by atoms with Gasteiger partial charge in [-0.3, -0.25) is 4.98 Å². The number of aliphatic hydroxyl groups is 1. The van der Waals surface area contributed by atoms with Crippen LogP contribution in [-0.2, 0) is 6.42 Å². The van der Waals surface area contributed by atoms with Crippen molar-refractivity contribution in [2.75, 3.05) is 7.11 Å². The van der Waals surface area contributed by atoms with E-state index < -0.39 is 11.9 Å². The molecule has 94 valence electrons. The van der Waals surface area contributed by atoms with Gasteiger partial charge in [0, 0.05) is 18.3 Å². The number of aliphatic hydroxyl groups excluding tert-OH is 1. The number of methoxy groups -OCH3 is 1. The summed E-state index contributed by atoms with van der Waals surface area (Å²) in [6.07, 6.45) is 1.33. The van der Waals surface area contributed by atoms with Gasteiger partial charge in [-0.2, -0.15) is 0 Å². The minimum atomic E-state index is -0.727. The number of halogens is 1. The topological polar surface area (TPSA) is 42.4 Å². The van der Waals surface area contributed by atoms with Gasteiger partial charge in [0.25, 0.3) is 0 Å². The number of benzene rings is 1. The molecule has 0 saturated heterocycles. The van der Waals surface area contributed by atoms with E-state index in [1.54, 1.807) is 12.3 Å². The number of aromatic nitrogens is 1. The third kappa shape index (κ3) is 2.84. The molecule has 0 spiro atoms. The number of rotatable bonds is 4. The maximum atomic E-state index is 13.2. The maximum absolute atomic E-state index is 13.2. The van der Waals surface area contributed by atoms with Crippen molar-refractivity contribution in [1.82, 2.24) is 4.98 Å². The molecule has 3 nitrogen and oxygen atoms in total. The second kappa shape index (κ2) is 5.60. The lowest BCUT2D eigenvalue weighted by atomic mass is 10.0. The number of hydrogen-bond acceptors (Lipinski definition) is 3. The highest BCUT2D eigenvalue weighted by atomic mass is 19.1. The van der Waals surface area contributed by atoms with E-state index in [4.69, 9.17) is 4.74 Å². The van der Waals surface area contributed by atoms with Gasteiger partial charge in [0.2, 0.25) is 0 Å². The Hall–Kier alpha value is -1.94. The van der Waals surface area contributed by atoms with Crippen molar-refractivity contribution in [2.45, 2.75) is 12.5 Å². The fourth-order valence-corrected chi connectivity index (χ4v) is 1.72. The van der Waals surface area contributed by atoms with Crippen LogP contribution in [0.2, 0.25) is 0 Å². The minimum absolute atomic E-state index is 0.132. The molecule has 1 N–H and O–H groups in total. The summed E-state index contributed by atoms with van der Waals surface area (Å²) in [4.78, 5) is 4.14. The second-order valence-corrected chi connectivity index (χ2v) is 3.93. The molecule has 1 atom stereocenters. The number of nitrogens with zero attached hydrogens (tertiary/aromatic N) is 1. The monoisotopic (exact) mass is 247 g/mol. The first kappa shape index (κ1) is 12.5. The van der Waals surface area contributed by atoms with Crippen LogP contribution in [0.15, 0.2) is 42.6 Å². The van der Waals surface area contributed by atoms with Crippen molar-refractivity contribution >= 4 is 0 Å². The van der Waals surface area contributed by atoms with Crippen molar-refractivity contribution in [3.05, 3.63) is 59.7 Å². The summed E-state index contributed by atoms with van der Waals surface area (Å²) in [5, 5.41) is 10.1. The second-order valence-electron chi connectivity index (χ2n) is 3.93. The summed E-state index contributed by atoms with van der Waals surface area (Å²) in [5.74, 6) is -0.307. The Morgan fingerprint density at radius 2 is 2.17 bits per heavy atom. The summed E-state index contributed by atoms with van der Waals surface area (Å²) in [5.41, 5.74) is 1.40. The zero-order valence-electron chi connectivity index (χ0n) is 10.0. The smallest absolute Gasteiger partial charge is 0.165 e. The van der Waals surface area contributed by atoms with Crippen LogP contribution < -0.4 is 4.74 Å². The van der Waals surface area contributed by atoms with Gasteiger partial charge in [0.1, 0.15) is 0 Å². The van der Waals surface area contributed by atoms with Crippen molar-refractivity contribution in [3.8, 4) is 5.75 Å². The molecule has 0 saturated carbocycles. The van der Waals surface area contributed by atoms with Crippen LogP contribution in [0.25, 0.3) is 0 Å². The number of ether oxygens (including phenoxy) is 1. The van der Waals surface area contributed by atoms with Crippen LogP contribution >= 0.6 is 0 Å². The molecule has 1 unspecified atom stereocenters. The van der Waals surface area contributed by atoms with Crippen molar-refractivity contribution in [2.24, 2.45) is 0 Å². The molecule has 0 aliphatic heterocycles. The third-order valence-corrected chi connectivity index (χ3v) is 2.69. The summed E-state index contributed by atoms with van der Waals surface area (Å²) in [6.45, 7) is 0. The average Bonchev–Trinajstić information content (AvgIpc) is 2.40. The molecule has 0 bridgehead atoms. The van der Waals surface area contributed by atoms with Gasteiger partial charge in [0.15, 0.2) is 11.6 Å². The van der Waals surface area contributed by atoms with E-state index in [0.717, 1.165) is 5.69 Å². The van der Waals surface area contributed by atoms with Crippen molar-refractivity contribution in [3.63, 3.8) is 0 Å². The largest absolute Gasteiger partial charge is 0.494 e. The average molecular weight is 247 g/mol. The van der Waals surface area contributed by atoms with Gasteiger partial charge in [-0.05, 0) is 29.8 Å². The Balaban J connectivity index is 2.16. The number of hydrogen-bond donors (Lipinski definition) is 1. The molecule has 0 aliphatic rings. The van der Waals surface area contributed by atoms with Gasteiger partial charge < -0.3 is 9.84 Å². The zero-order chi connectivity index (χ0) is 13.0. The quantitative estimate of drug-likeness (QED) is 0.902. The summed E-state index contributed by atoms with van der Waals surface area (Å²) >= 11 is 0. The van der Waals surface area contributed by atoms with Crippen LogP contribution in [0.1, 0.15) is 17.4 Å².